The van der Waals surface area contributed by atoms with Crippen molar-refractivity contribution in [3.63, 3.8) is 0 Å². The maximum atomic E-state index is 13.7. The number of rotatable bonds is 8. The van der Waals surface area contributed by atoms with Gasteiger partial charge in [-0.3, -0.25) is 0 Å². The predicted octanol–water partition coefficient (Wildman–Crippen LogP) is 7.86. The summed E-state index contributed by atoms with van der Waals surface area (Å²) in [5.41, 5.74) is 2.26. The molecule has 34 heavy (non-hydrogen) atoms. The van der Waals surface area contributed by atoms with E-state index < -0.39 is 36.6 Å². The predicted molar refractivity (Wildman–Crippen MR) is 132 cm³/mol. The molecule has 0 spiro atoms. The second-order valence-corrected chi connectivity index (χ2v) is 20.5. The maximum absolute atomic E-state index is 13.7. The molecular weight excluding hydrogens is 576 g/mol. The number of anilines is 1. The molecule has 2 aliphatic carbocycles. The second kappa shape index (κ2) is 11.2. The molecule has 1 aromatic heterocycles. The van der Waals surface area contributed by atoms with Gasteiger partial charge in [0.1, 0.15) is 0 Å². The number of nitrogens with one attached hydrogen (secondary N) is 1. The van der Waals surface area contributed by atoms with Crippen molar-refractivity contribution < 1.29 is 22.4 Å². The Morgan fingerprint density at radius 3 is 2.76 bits per heavy atom. The Balaban J connectivity index is 1.80. The number of alkyl halides is 4. The SMILES string of the molecule is Cc1c(C(C)CC(C)(F)F)nn(CC2=CC=CC=CC2)c1NC(=O)[S][Sb]([CH3])[CH]1CCC(F)(F)C1. The average Bonchev–Trinajstić information content (AvgIpc) is 3.09. The Morgan fingerprint density at radius 2 is 2.12 bits per heavy atom. The number of halogens is 4. The fourth-order valence-electron chi connectivity index (χ4n) is 4.44. The Morgan fingerprint density at radius 1 is 1.38 bits per heavy atom. The Bertz CT molecular complexity index is 984. The number of aromatic nitrogens is 2. The summed E-state index contributed by atoms with van der Waals surface area (Å²) >= 11 is -2.27. The average molecular weight is 608 g/mol. The van der Waals surface area contributed by atoms with Gasteiger partial charge in [0.05, 0.1) is 0 Å². The van der Waals surface area contributed by atoms with Gasteiger partial charge >= 0.3 is 209 Å². The zero-order valence-corrected chi connectivity index (χ0v) is 23.3. The number of carbonyl (C=O) groups excluding carboxylic acids is 1. The molecule has 2 atom stereocenters. The van der Waals surface area contributed by atoms with Crippen molar-refractivity contribution >= 4 is 38.7 Å². The van der Waals surface area contributed by atoms with E-state index in [0.29, 0.717) is 36.5 Å². The normalized spacial score (nSPS) is 21.0. The summed E-state index contributed by atoms with van der Waals surface area (Å²) in [4.78, 5) is 14.9. The molecule has 4 nitrogen and oxygen atoms in total. The van der Waals surface area contributed by atoms with Crippen LogP contribution in [0, 0.1) is 6.92 Å². The third-order valence-electron chi connectivity index (χ3n) is 6.12. The zero-order chi connectivity index (χ0) is 25.1. The van der Waals surface area contributed by atoms with Crippen molar-refractivity contribution in [2.45, 2.75) is 85.9 Å². The van der Waals surface area contributed by atoms with Crippen molar-refractivity contribution in [1.82, 2.24) is 9.78 Å². The van der Waals surface area contributed by atoms with E-state index in [9.17, 15) is 22.4 Å². The first-order valence-electron chi connectivity index (χ1n) is 11.4. The van der Waals surface area contributed by atoms with Crippen LogP contribution in [0.5, 0.6) is 0 Å². The van der Waals surface area contributed by atoms with E-state index in [1.54, 1.807) is 18.5 Å². The first-order valence-corrected chi connectivity index (χ1v) is 19.3. The van der Waals surface area contributed by atoms with Crippen LogP contribution in [-0.2, 0) is 6.54 Å². The van der Waals surface area contributed by atoms with Crippen LogP contribution in [0.4, 0.5) is 28.2 Å². The molecule has 0 radical (unpaired) electrons. The molecule has 1 aromatic rings. The molecule has 3 rings (SSSR count). The fraction of sp³-hybridized carbons (Fsp3) is 0.583. The van der Waals surface area contributed by atoms with E-state index in [-0.39, 0.29) is 28.4 Å². The van der Waals surface area contributed by atoms with Gasteiger partial charge in [0, 0.05) is 0 Å². The molecule has 2 unspecified atom stereocenters. The van der Waals surface area contributed by atoms with Gasteiger partial charge in [-0.05, 0) is 0 Å². The van der Waals surface area contributed by atoms with Crippen LogP contribution in [0.25, 0.3) is 0 Å². The van der Waals surface area contributed by atoms with Crippen molar-refractivity contribution in [1.29, 1.82) is 0 Å². The molecule has 1 saturated carbocycles. The summed E-state index contributed by atoms with van der Waals surface area (Å²) < 4.78 is 56.3. The monoisotopic (exact) mass is 607 g/mol. The van der Waals surface area contributed by atoms with E-state index in [2.05, 4.69) is 10.4 Å². The Hall–Kier alpha value is -1.21. The number of nitrogens with zero attached hydrogens (tertiary/aromatic N) is 2. The van der Waals surface area contributed by atoms with Crippen molar-refractivity contribution in [3.8, 4) is 0 Å². The molecule has 188 valence electrons. The van der Waals surface area contributed by atoms with E-state index in [1.165, 1.54) is 8.85 Å². The van der Waals surface area contributed by atoms with E-state index in [0.717, 1.165) is 12.5 Å². The minimum absolute atomic E-state index is 0.0446. The summed E-state index contributed by atoms with van der Waals surface area (Å²) in [6, 6.07) is 0. The second-order valence-electron chi connectivity index (χ2n) is 9.34. The van der Waals surface area contributed by atoms with Crippen LogP contribution in [0.2, 0.25) is 8.73 Å². The zero-order valence-electron chi connectivity index (χ0n) is 20.0. The Kier molecular flexibility index (Phi) is 9.05. The van der Waals surface area contributed by atoms with Crippen LogP contribution in [0.15, 0.2) is 36.0 Å². The third kappa shape index (κ3) is 7.64. The van der Waals surface area contributed by atoms with Gasteiger partial charge in [0.2, 0.25) is 0 Å². The number of allylic oxidation sites excluding steroid dienone is 6. The molecule has 0 aliphatic heterocycles. The molecule has 10 heteroatoms. The molecule has 0 aromatic carbocycles. The molecule has 0 bridgehead atoms. The standard InChI is InChI=1S/C18H23F2N3OS.C5H7F2.CH3.Sb/c1-12(10-18(3,19)20)15-13(2)16(21-17(24)25)23(22-15)11-14-8-6-4-5-7-9-14;6-5(7)3-1-2-4-5;;/h4-8,12H,9-11H2,1-3H3,(H2,21,24,25);1H,2-4H2;1H3;/q;;;+1/p-1. The van der Waals surface area contributed by atoms with E-state index in [4.69, 9.17) is 0 Å². The summed E-state index contributed by atoms with van der Waals surface area (Å²) in [6.45, 7) is 4.80. The van der Waals surface area contributed by atoms with E-state index >= 15 is 0 Å². The molecule has 1 fully saturated rings. The van der Waals surface area contributed by atoms with Crippen molar-refractivity contribution in [2.24, 2.45) is 0 Å². The Labute approximate surface area is 208 Å². The fourth-order valence-corrected chi connectivity index (χ4v) is 13.0. The van der Waals surface area contributed by atoms with Gasteiger partial charge in [0.15, 0.2) is 0 Å². The van der Waals surface area contributed by atoms with E-state index in [1.807, 2.05) is 35.3 Å². The summed E-state index contributed by atoms with van der Waals surface area (Å²) in [5, 5.41) is 7.28. The van der Waals surface area contributed by atoms with Crippen LogP contribution in [0.1, 0.15) is 63.1 Å². The van der Waals surface area contributed by atoms with Crippen molar-refractivity contribution in [3.05, 3.63) is 47.2 Å². The summed E-state index contributed by atoms with van der Waals surface area (Å²) in [6.07, 6.45) is 10.4. The van der Waals surface area contributed by atoms with Crippen molar-refractivity contribution in [2.75, 3.05) is 5.32 Å². The molecule has 1 N–H and O–H groups in total. The van der Waals surface area contributed by atoms with Crippen LogP contribution in [0.3, 0.4) is 0 Å². The minimum atomic E-state index is -2.83. The third-order valence-corrected chi connectivity index (χ3v) is 16.8. The molecule has 1 amide bonds. The topological polar surface area (TPSA) is 46.9 Å². The summed E-state index contributed by atoms with van der Waals surface area (Å²) in [5.74, 6) is -5.45. The van der Waals surface area contributed by atoms with Gasteiger partial charge in [0.25, 0.3) is 0 Å². The molecular formula is C24H32F4N3OSSb. The molecule has 0 saturated heterocycles. The molecule has 1 heterocycles. The quantitative estimate of drug-likeness (QED) is 0.242. The van der Waals surface area contributed by atoms with Gasteiger partial charge in [-0.25, -0.2) is 0 Å². The number of hydrogen-bond donors (Lipinski definition) is 1. The van der Waals surface area contributed by atoms with Gasteiger partial charge in [-0.1, -0.05) is 0 Å². The van der Waals surface area contributed by atoms with Crippen LogP contribution in [-0.4, -0.2) is 45.7 Å². The number of amides is 1. The van der Waals surface area contributed by atoms with Gasteiger partial charge in [-0.15, -0.1) is 0 Å². The molecule has 2 aliphatic rings. The summed E-state index contributed by atoms with van der Waals surface area (Å²) in [7, 11) is 1.19. The first-order chi connectivity index (χ1) is 15.8. The van der Waals surface area contributed by atoms with Gasteiger partial charge < -0.3 is 0 Å². The first kappa shape index (κ1) is 27.4. The van der Waals surface area contributed by atoms with Crippen LogP contribution >= 0.6 is 8.85 Å². The number of carbonyl (C=O) groups is 1. The van der Waals surface area contributed by atoms with Gasteiger partial charge in [-0.2, -0.15) is 0 Å². The van der Waals surface area contributed by atoms with Crippen LogP contribution < -0.4 is 5.32 Å². The number of hydrogen-bond acceptors (Lipinski definition) is 3.